The van der Waals surface area contributed by atoms with E-state index in [-0.39, 0.29) is 30.1 Å². The van der Waals surface area contributed by atoms with Crippen LogP contribution in [0.2, 0.25) is 0 Å². The number of benzene rings is 1. The second-order valence-electron chi connectivity index (χ2n) is 6.94. The summed E-state index contributed by atoms with van der Waals surface area (Å²) in [5.74, 6) is 1.69. The zero-order chi connectivity index (χ0) is 18.0. The molecule has 0 unspecified atom stereocenters. The van der Waals surface area contributed by atoms with Crippen molar-refractivity contribution in [2.24, 2.45) is 11.8 Å². The molecule has 1 aromatic rings. The molecule has 2 aliphatic rings. The van der Waals surface area contributed by atoms with E-state index in [2.05, 4.69) is 5.32 Å². The van der Waals surface area contributed by atoms with Crippen LogP contribution in [-0.4, -0.2) is 51.6 Å². The van der Waals surface area contributed by atoms with Gasteiger partial charge in [-0.1, -0.05) is 0 Å². The van der Waals surface area contributed by atoms with Crippen molar-refractivity contribution in [3.8, 4) is 11.5 Å². The molecule has 1 amide bonds. The average Bonchev–Trinajstić information content (AvgIpc) is 3.01. The number of fused-ring (bicyclic) bond motifs is 1. The Morgan fingerprint density at radius 1 is 1.32 bits per heavy atom. The first-order chi connectivity index (χ1) is 12.0. The molecule has 6 nitrogen and oxygen atoms in total. The van der Waals surface area contributed by atoms with Gasteiger partial charge in [0.15, 0.2) is 11.5 Å². The van der Waals surface area contributed by atoms with Crippen LogP contribution in [-0.2, 0) is 9.47 Å². The molecule has 4 atom stereocenters. The maximum atomic E-state index is 12.7. The molecule has 0 spiro atoms. The van der Waals surface area contributed by atoms with Crippen LogP contribution in [0.15, 0.2) is 18.2 Å². The van der Waals surface area contributed by atoms with Crippen LogP contribution in [0.5, 0.6) is 11.5 Å². The van der Waals surface area contributed by atoms with Gasteiger partial charge in [0.25, 0.3) is 5.91 Å². The Bertz CT molecular complexity index is 618. The highest BCUT2D eigenvalue weighted by atomic mass is 16.5. The van der Waals surface area contributed by atoms with Crippen molar-refractivity contribution in [2.45, 2.75) is 38.5 Å². The zero-order valence-corrected chi connectivity index (χ0v) is 15.3. The van der Waals surface area contributed by atoms with E-state index in [1.807, 2.05) is 13.8 Å². The van der Waals surface area contributed by atoms with E-state index in [1.165, 1.54) is 0 Å². The van der Waals surface area contributed by atoms with E-state index in [0.29, 0.717) is 29.6 Å². The van der Waals surface area contributed by atoms with Crippen molar-refractivity contribution in [1.29, 1.82) is 0 Å². The number of ether oxygens (including phenoxy) is 4. The molecular formula is C19H27NO5. The predicted octanol–water partition coefficient (Wildman–Crippen LogP) is 2.26. The summed E-state index contributed by atoms with van der Waals surface area (Å²) in [4.78, 5) is 12.7. The number of rotatable bonds is 7. The van der Waals surface area contributed by atoms with Gasteiger partial charge in [0.05, 0.1) is 25.9 Å². The van der Waals surface area contributed by atoms with Gasteiger partial charge in [-0.25, -0.2) is 0 Å². The van der Waals surface area contributed by atoms with Gasteiger partial charge in [-0.15, -0.1) is 0 Å². The molecule has 25 heavy (non-hydrogen) atoms. The van der Waals surface area contributed by atoms with Crippen LogP contribution in [0.4, 0.5) is 0 Å². The number of amides is 1. The third-order valence-corrected chi connectivity index (χ3v) is 4.97. The van der Waals surface area contributed by atoms with Gasteiger partial charge >= 0.3 is 0 Å². The molecule has 138 valence electrons. The number of nitrogens with one attached hydrogen (secondary N) is 1. The van der Waals surface area contributed by atoms with E-state index < -0.39 is 0 Å². The minimum atomic E-state index is -0.106. The molecule has 2 fully saturated rings. The summed E-state index contributed by atoms with van der Waals surface area (Å²) >= 11 is 0. The molecule has 1 heterocycles. The van der Waals surface area contributed by atoms with Crippen molar-refractivity contribution in [3.05, 3.63) is 23.8 Å². The third-order valence-electron chi connectivity index (χ3n) is 4.97. The summed E-state index contributed by atoms with van der Waals surface area (Å²) in [6, 6.07) is 5.36. The molecular weight excluding hydrogens is 322 g/mol. The molecule has 0 bridgehead atoms. The van der Waals surface area contributed by atoms with Crippen molar-refractivity contribution < 1.29 is 23.7 Å². The predicted molar refractivity (Wildman–Crippen MR) is 93.2 cm³/mol. The van der Waals surface area contributed by atoms with E-state index >= 15 is 0 Å². The Morgan fingerprint density at radius 3 is 2.80 bits per heavy atom. The Labute approximate surface area is 148 Å². The Hall–Kier alpha value is -1.79. The van der Waals surface area contributed by atoms with Crippen LogP contribution < -0.4 is 14.8 Å². The van der Waals surface area contributed by atoms with Crippen molar-refractivity contribution >= 4 is 5.91 Å². The lowest BCUT2D eigenvalue weighted by atomic mass is 9.67. The first-order valence-electron chi connectivity index (χ1n) is 8.81. The summed E-state index contributed by atoms with van der Waals surface area (Å²) in [7, 11) is 3.25. The normalized spacial score (nSPS) is 27.6. The van der Waals surface area contributed by atoms with Crippen LogP contribution in [0, 0.1) is 11.8 Å². The van der Waals surface area contributed by atoms with Gasteiger partial charge in [-0.05, 0) is 38.5 Å². The molecule has 1 saturated heterocycles. The van der Waals surface area contributed by atoms with Gasteiger partial charge in [0, 0.05) is 37.2 Å². The van der Waals surface area contributed by atoms with Gasteiger partial charge < -0.3 is 24.3 Å². The van der Waals surface area contributed by atoms with Crippen LogP contribution in [0.3, 0.4) is 0 Å². The van der Waals surface area contributed by atoms with Crippen molar-refractivity contribution in [1.82, 2.24) is 5.32 Å². The molecule has 6 heteroatoms. The molecule has 1 N–H and O–H groups in total. The van der Waals surface area contributed by atoms with E-state index in [9.17, 15) is 4.79 Å². The Balaban J connectivity index is 1.70. The Morgan fingerprint density at radius 2 is 2.12 bits per heavy atom. The van der Waals surface area contributed by atoms with Gasteiger partial charge in [0.1, 0.15) is 0 Å². The van der Waals surface area contributed by atoms with Crippen molar-refractivity contribution in [3.63, 3.8) is 0 Å². The molecule has 0 aromatic heterocycles. The number of methoxy groups -OCH3 is 2. The smallest absolute Gasteiger partial charge is 0.251 e. The van der Waals surface area contributed by atoms with Crippen LogP contribution in [0.1, 0.15) is 30.6 Å². The lowest BCUT2D eigenvalue weighted by Crippen LogP contribution is -2.62. The standard InChI is InChI=1S/C19H27NO5/c1-11(2)25-15-6-5-12(9-16(15)23-4)19(21)20-17-13-7-8-24-18(13)14(17)10-22-3/h5-6,9,11,13-14,17-18H,7-8,10H2,1-4H3,(H,20,21)/t13-,14+,17+,18-/m0/s1. The molecule has 1 aliphatic carbocycles. The summed E-state index contributed by atoms with van der Waals surface area (Å²) in [6.07, 6.45) is 1.24. The lowest BCUT2D eigenvalue weighted by Gasteiger charge is -2.47. The van der Waals surface area contributed by atoms with E-state index in [1.54, 1.807) is 32.4 Å². The maximum absolute atomic E-state index is 12.7. The highest BCUT2D eigenvalue weighted by Gasteiger charge is 2.54. The largest absolute Gasteiger partial charge is 0.493 e. The molecule has 1 saturated carbocycles. The lowest BCUT2D eigenvalue weighted by molar-refractivity contribution is -0.0809. The number of carbonyl (C=O) groups is 1. The van der Waals surface area contributed by atoms with Crippen molar-refractivity contribution in [2.75, 3.05) is 27.4 Å². The fourth-order valence-electron chi connectivity index (χ4n) is 3.83. The minimum absolute atomic E-state index is 0.0395. The number of carbonyl (C=O) groups excluding carboxylic acids is 1. The second-order valence-corrected chi connectivity index (χ2v) is 6.94. The van der Waals surface area contributed by atoms with Crippen LogP contribution in [0.25, 0.3) is 0 Å². The fourth-order valence-corrected chi connectivity index (χ4v) is 3.83. The van der Waals surface area contributed by atoms with Gasteiger partial charge in [0.2, 0.25) is 0 Å². The SMILES string of the molecule is COC[C@@H]1[C@H](NC(=O)c2ccc(OC(C)C)c(OC)c2)[C@@H]2CCO[C@H]12. The zero-order valence-electron chi connectivity index (χ0n) is 15.3. The first-order valence-corrected chi connectivity index (χ1v) is 8.81. The number of hydrogen-bond acceptors (Lipinski definition) is 5. The summed E-state index contributed by atoms with van der Waals surface area (Å²) in [5.41, 5.74) is 0.562. The monoisotopic (exact) mass is 349 g/mol. The topological polar surface area (TPSA) is 66.0 Å². The highest BCUT2D eigenvalue weighted by molar-refractivity contribution is 5.95. The Kier molecular flexibility index (Phi) is 5.49. The van der Waals surface area contributed by atoms with Gasteiger partial charge in [-0.3, -0.25) is 4.79 Å². The van der Waals surface area contributed by atoms with E-state index in [0.717, 1.165) is 13.0 Å². The number of hydrogen-bond donors (Lipinski definition) is 1. The summed E-state index contributed by atoms with van der Waals surface area (Å²) in [5, 5.41) is 3.16. The maximum Gasteiger partial charge on any atom is 0.251 e. The fraction of sp³-hybridized carbons (Fsp3) is 0.632. The first kappa shape index (κ1) is 18.0. The highest BCUT2D eigenvalue weighted by Crippen LogP contribution is 2.44. The summed E-state index contributed by atoms with van der Waals surface area (Å²) < 4.78 is 22.1. The molecule has 1 aromatic carbocycles. The minimum Gasteiger partial charge on any atom is -0.493 e. The van der Waals surface area contributed by atoms with Crippen LogP contribution >= 0.6 is 0 Å². The summed E-state index contributed by atoms with van der Waals surface area (Å²) in [6.45, 7) is 5.26. The quantitative estimate of drug-likeness (QED) is 0.818. The third kappa shape index (κ3) is 3.60. The molecule has 1 aliphatic heterocycles. The average molecular weight is 349 g/mol. The second kappa shape index (κ2) is 7.62. The molecule has 0 radical (unpaired) electrons. The van der Waals surface area contributed by atoms with Gasteiger partial charge in [-0.2, -0.15) is 0 Å². The van der Waals surface area contributed by atoms with E-state index in [4.69, 9.17) is 18.9 Å². The molecule has 3 rings (SSSR count).